The van der Waals surface area contributed by atoms with Crippen LogP contribution in [0, 0.1) is 17.3 Å². The Morgan fingerprint density at radius 3 is 2.41 bits per heavy atom. The van der Waals surface area contributed by atoms with Crippen LogP contribution >= 0.6 is 12.4 Å². The Kier molecular flexibility index (Phi) is 4.81. The third-order valence-corrected chi connectivity index (χ3v) is 3.92. The third-order valence-electron chi connectivity index (χ3n) is 3.92. The molecule has 100 valence electrons. The Morgan fingerprint density at radius 2 is 2.06 bits per heavy atom. The van der Waals surface area contributed by atoms with E-state index < -0.39 is 0 Å². The van der Waals surface area contributed by atoms with Crippen molar-refractivity contribution >= 4 is 18.3 Å². The van der Waals surface area contributed by atoms with Crippen molar-refractivity contribution in [3.8, 4) is 0 Å². The summed E-state index contributed by atoms with van der Waals surface area (Å²) >= 11 is 0. The number of carbonyl (C=O) groups is 1. The number of hydrogen-bond acceptors (Lipinski definition) is 3. The molecule has 1 heterocycles. The van der Waals surface area contributed by atoms with Crippen molar-refractivity contribution in [2.45, 2.75) is 32.8 Å². The lowest BCUT2D eigenvalue weighted by Crippen LogP contribution is -2.52. The summed E-state index contributed by atoms with van der Waals surface area (Å²) in [4.78, 5) is 11.7. The van der Waals surface area contributed by atoms with E-state index in [0.717, 1.165) is 25.9 Å². The number of rotatable bonds is 5. The summed E-state index contributed by atoms with van der Waals surface area (Å²) in [5.41, 5.74) is -0.0268. The van der Waals surface area contributed by atoms with Crippen LogP contribution in [0.3, 0.4) is 0 Å². The maximum atomic E-state index is 11.7. The molecular weight excluding hydrogens is 240 g/mol. The molecule has 2 rings (SSSR count). The topological polar surface area (TPSA) is 61.4 Å². The molecule has 1 unspecified atom stereocenters. The van der Waals surface area contributed by atoms with Crippen LogP contribution in [-0.2, 0) is 4.79 Å². The maximum Gasteiger partial charge on any atom is 0.225 e. The highest BCUT2D eigenvalue weighted by Gasteiger charge is 2.50. The number of amides is 1. The van der Waals surface area contributed by atoms with Gasteiger partial charge in [-0.1, -0.05) is 13.8 Å². The Bertz CT molecular complexity index is 276. The van der Waals surface area contributed by atoms with E-state index in [-0.39, 0.29) is 41.7 Å². The van der Waals surface area contributed by atoms with Gasteiger partial charge < -0.3 is 15.7 Å². The first-order valence-corrected chi connectivity index (χ1v) is 6.22. The van der Waals surface area contributed by atoms with Crippen LogP contribution in [0.4, 0.5) is 0 Å². The molecule has 0 spiro atoms. The van der Waals surface area contributed by atoms with Crippen molar-refractivity contribution in [3.63, 3.8) is 0 Å². The average molecular weight is 263 g/mol. The lowest BCUT2D eigenvalue weighted by atomic mass is 9.90. The first-order valence-electron chi connectivity index (χ1n) is 6.22. The average Bonchev–Trinajstić information content (AvgIpc) is 2.91. The zero-order valence-corrected chi connectivity index (χ0v) is 11.3. The van der Waals surface area contributed by atoms with Gasteiger partial charge in [-0.25, -0.2) is 0 Å². The van der Waals surface area contributed by atoms with E-state index in [2.05, 4.69) is 10.6 Å². The van der Waals surface area contributed by atoms with Gasteiger partial charge in [-0.15, -0.1) is 12.4 Å². The Morgan fingerprint density at radius 1 is 1.47 bits per heavy atom. The van der Waals surface area contributed by atoms with Gasteiger partial charge in [0.25, 0.3) is 0 Å². The largest absolute Gasteiger partial charge is 0.392 e. The van der Waals surface area contributed by atoms with Gasteiger partial charge in [0.2, 0.25) is 5.91 Å². The summed E-state index contributed by atoms with van der Waals surface area (Å²) in [6.45, 7) is 6.30. The molecule has 1 atom stereocenters. The van der Waals surface area contributed by atoms with Crippen LogP contribution < -0.4 is 10.6 Å². The predicted octanol–water partition coefficient (Wildman–Crippen LogP) is 0.541. The molecule has 0 bridgehead atoms. The van der Waals surface area contributed by atoms with Gasteiger partial charge in [-0.05, 0) is 18.8 Å². The van der Waals surface area contributed by atoms with Crippen molar-refractivity contribution in [1.82, 2.24) is 10.6 Å². The van der Waals surface area contributed by atoms with Gasteiger partial charge in [0, 0.05) is 25.0 Å². The molecule has 4 nitrogen and oxygen atoms in total. The molecule has 0 aromatic carbocycles. The predicted molar refractivity (Wildman–Crippen MR) is 69.1 cm³/mol. The molecule has 0 aromatic heterocycles. The molecule has 1 aliphatic heterocycles. The fraction of sp³-hybridized carbons (Fsp3) is 0.917. The molecule has 5 heteroatoms. The summed E-state index contributed by atoms with van der Waals surface area (Å²) < 4.78 is 0. The normalized spacial score (nSPS) is 23.5. The minimum absolute atomic E-state index is 0. The van der Waals surface area contributed by atoms with Crippen molar-refractivity contribution in [2.24, 2.45) is 17.3 Å². The van der Waals surface area contributed by atoms with E-state index in [4.69, 9.17) is 0 Å². The third kappa shape index (κ3) is 3.12. The Labute approximate surface area is 109 Å². The molecule has 0 radical (unpaired) electrons. The van der Waals surface area contributed by atoms with Crippen molar-refractivity contribution in [1.29, 1.82) is 0 Å². The number of aliphatic hydroxyl groups is 1. The summed E-state index contributed by atoms with van der Waals surface area (Å²) in [5.74, 6) is 0.553. The van der Waals surface area contributed by atoms with E-state index in [0.29, 0.717) is 6.54 Å². The maximum absolute atomic E-state index is 11.7. The van der Waals surface area contributed by atoms with Gasteiger partial charge in [0.15, 0.2) is 0 Å². The molecule has 3 N–H and O–H groups in total. The minimum atomic E-state index is -0.285. The van der Waals surface area contributed by atoms with E-state index in [9.17, 15) is 9.90 Å². The van der Waals surface area contributed by atoms with Crippen molar-refractivity contribution in [3.05, 3.63) is 0 Å². The Balaban J connectivity index is 0.00000144. The van der Waals surface area contributed by atoms with Gasteiger partial charge in [0.1, 0.15) is 0 Å². The summed E-state index contributed by atoms with van der Waals surface area (Å²) in [6, 6.07) is 0. The fourth-order valence-electron chi connectivity index (χ4n) is 2.33. The summed E-state index contributed by atoms with van der Waals surface area (Å²) in [5, 5.41) is 16.1. The van der Waals surface area contributed by atoms with Crippen LogP contribution in [0.1, 0.15) is 26.7 Å². The second-order valence-electron chi connectivity index (χ2n) is 5.62. The van der Waals surface area contributed by atoms with Gasteiger partial charge >= 0.3 is 0 Å². The molecule has 1 saturated carbocycles. The molecule has 0 aromatic rings. The van der Waals surface area contributed by atoms with Gasteiger partial charge in [-0.3, -0.25) is 4.79 Å². The van der Waals surface area contributed by atoms with E-state index in [1.165, 1.54) is 0 Å². The van der Waals surface area contributed by atoms with Crippen LogP contribution in [-0.4, -0.2) is 36.8 Å². The zero-order valence-electron chi connectivity index (χ0n) is 10.5. The highest BCUT2D eigenvalue weighted by Crippen LogP contribution is 2.50. The smallest absolute Gasteiger partial charge is 0.225 e. The molecule has 2 fully saturated rings. The SMILES string of the molecule is CC(C)C(O)C1(CNC(=O)C2CNC2)CC1.Cl. The monoisotopic (exact) mass is 262 g/mol. The molecule has 1 saturated heterocycles. The second-order valence-corrected chi connectivity index (χ2v) is 5.62. The standard InChI is InChI=1S/C12H22N2O2.ClH/c1-8(2)10(15)12(3-4-12)7-14-11(16)9-5-13-6-9;/h8-10,13,15H,3-7H2,1-2H3,(H,14,16);1H. The second kappa shape index (κ2) is 5.55. The minimum Gasteiger partial charge on any atom is -0.392 e. The Hall–Kier alpha value is -0.320. The number of nitrogens with one attached hydrogen (secondary N) is 2. The van der Waals surface area contributed by atoms with Crippen LogP contribution in [0.5, 0.6) is 0 Å². The number of carbonyl (C=O) groups excluding carboxylic acids is 1. The van der Waals surface area contributed by atoms with Crippen LogP contribution in [0.25, 0.3) is 0 Å². The van der Waals surface area contributed by atoms with Gasteiger partial charge in [-0.2, -0.15) is 0 Å². The van der Waals surface area contributed by atoms with Gasteiger partial charge in [0.05, 0.1) is 12.0 Å². The van der Waals surface area contributed by atoms with Crippen LogP contribution in [0.2, 0.25) is 0 Å². The van der Waals surface area contributed by atoms with E-state index in [1.54, 1.807) is 0 Å². The zero-order chi connectivity index (χ0) is 11.8. The van der Waals surface area contributed by atoms with Crippen molar-refractivity contribution < 1.29 is 9.90 Å². The first-order chi connectivity index (χ1) is 7.55. The quantitative estimate of drug-likeness (QED) is 0.678. The molecule has 2 aliphatic rings. The molecule has 1 aliphatic carbocycles. The summed E-state index contributed by atoms with van der Waals surface area (Å²) in [6.07, 6.45) is 1.79. The van der Waals surface area contributed by atoms with E-state index >= 15 is 0 Å². The first kappa shape index (κ1) is 14.7. The lowest BCUT2D eigenvalue weighted by Gasteiger charge is -2.29. The highest BCUT2D eigenvalue weighted by molar-refractivity contribution is 5.85. The highest BCUT2D eigenvalue weighted by atomic mass is 35.5. The van der Waals surface area contributed by atoms with E-state index in [1.807, 2.05) is 13.8 Å². The fourth-order valence-corrected chi connectivity index (χ4v) is 2.33. The molecule has 17 heavy (non-hydrogen) atoms. The number of halogens is 1. The number of hydrogen-bond donors (Lipinski definition) is 3. The van der Waals surface area contributed by atoms with Crippen LogP contribution in [0.15, 0.2) is 0 Å². The summed E-state index contributed by atoms with van der Waals surface area (Å²) in [7, 11) is 0. The van der Waals surface area contributed by atoms with Crippen molar-refractivity contribution in [2.75, 3.05) is 19.6 Å². The molecule has 1 amide bonds. The lowest BCUT2D eigenvalue weighted by molar-refractivity contribution is -0.127. The molecular formula is C12H23ClN2O2. The number of aliphatic hydroxyl groups excluding tert-OH is 1.